The van der Waals surface area contributed by atoms with E-state index in [1.165, 1.54) is 0 Å². The Balaban J connectivity index is 1.46. The number of amides is 1. The summed E-state index contributed by atoms with van der Waals surface area (Å²) < 4.78 is 38.8. The number of halogens is 4. The summed E-state index contributed by atoms with van der Waals surface area (Å²) in [6.07, 6.45) is 3.03. The number of rotatable bonds is 3. The lowest BCUT2D eigenvalue weighted by atomic mass is 9.78. The van der Waals surface area contributed by atoms with Crippen LogP contribution >= 0.6 is 11.6 Å². The van der Waals surface area contributed by atoms with E-state index in [1.807, 2.05) is 9.80 Å². The second-order valence-electron chi connectivity index (χ2n) is 9.12. The van der Waals surface area contributed by atoms with E-state index >= 15 is 0 Å². The smallest absolute Gasteiger partial charge is 0.354 e. The van der Waals surface area contributed by atoms with Crippen molar-refractivity contribution < 1.29 is 18.0 Å². The average molecular weight is 455 g/mol. The molecule has 3 aliphatic rings. The number of likely N-dealkylation sites (tertiary alicyclic amines) is 1. The minimum atomic E-state index is -4.49. The Hall–Kier alpha value is -2.01. The Kier molecular flexibility index (Phi) is 6.08. The number of nitriles is 1. The van der Waals surface area contributed by atoms with Gasteiger partial charge < -0.3 is 9.80 Å². The van der Waals surface area contributed by atoms with Crippen LogP contribution in [0.5, 0.6) is 0 Å². The molecule has 1 amide bonds. The normalized spacial score (nSPS) is 29.5. The molecule has 2 aliphatic heterocycles. The Morgan fingerprint density at radius 3 is 2.61 bits per heavy atom. The first-order valence-electron chi connectivity index (χ1n) is 10.9. The van der Waals surface area contributed by atoms with Crippen molar-refractivity contribution >= 4 is 23.3 Å². The lowest BCUT2D eigenvalue weighted by molar-refractivity contribution is -0.139. The minimum Gasteiger partial charge on any atom is -0.354 e. The van der Waals surface area contributed by atoms with Gasteiger partial charge in [-0.2, -0.15) is 18.4 Å². The molecule has 3 fully saturated rings. The highest BCUT2D eigenvalue weighted by Crippen LogP contribution is 2.45. The van der Waals surface area contributed by atoms with Crippen molar-refractivity contribution in [3.05, 3.63) is 22.8 Å². The van der Waals surface area contributed by atoms with Gasteiger partial charge in [0.2, 0.25) is 5.91 Å². The van der Waals surface area contributed by atoms with Crippen LogP contribution < -0.4 is 4.90 Å². The molecule has 0 radical (unpaired) electrons. The Morgan fingerprint density at radius 2 is 1.97 bits per heavy atom. The van der Waals surface area contributed by atoms with Crippen molar-refractivity contribution in [2.45, 2.75) is 63.6 Å². The highest BCUT2D eigenvalue weighted by atomic mass is 35.5. The molecule has 1 aromatic rings. The van der Waals surface area contributed by atoms with Crippen molar-refractivity contribution in [1.29, 1.82) is 5.26 Å². The molecule has 1 aliphatic carbocycles. The molecule has 0 bridgehead atoms. The molecule has 31 heavy (non-hydrogen) atoms. The maximum absolute atomic E-state index is 13.5. The van der Waals surface area contributed by atoms with E-state index in [-0.39, 0.29) is 17.0 Å². The van der Waals surface area contributed by atoms with Gasteiger partial charge >= 0.3 is 6.18 Å². The number of carbonyl (C=O) groups excluding carboxylic acids is 1. The number of aromatic nitrogens is 1. The molecule has 1 spiro atoms. The first-order valence-corrected chi connectivity index (χ1v) is 11.3. The summed E-state index contributed by atoms with van der Waals surface area (Å²) in [5.74, 6) is 0.909. The second kappa shape index (κ2) is 8.50. The maximum atomic E-state index is 13.5. The number of piperidine rings is 1. The van der Waals surface area contributed by atoms with Gasteiger partial charge in [0, 0.05) is 38.3 Å². The highest BCUT2D eigenvalue weighted by Gasteiger charge is 2.51. The van der Waals surface area contributed by atoms with Gasteiger partial charge in [-0.25, -0.2) is 4.98 Å². The Bertz CT molecular complexity index is 878. The zero-order chi connectivity index (χ0) is 22.2. The fraction of sp³-hybridized carbons (Fsp3) is 0.682. The van der Waals surface area contributed by atoms with Crippen molar-refractivity contribution in [3.63, 3.8) is 0 Å². The largest absolute Gasteiger partial charge is 0.417 e. The Labute approximate surface area is 185 Å². The fourth-order valence-electron chi connectivity index (χ4n) is 5.50. The molecule has 1 aromatic heterocycles. The highest BCUT2D eigenvalue weighted by molar-refractivity contribution is 6.33. The SMILES string of the molecule is N#CC[C@H]1CC[C@H](N2CC[C@@]3(CCCN(c4ncc(C(F)(F)F)cc4Cl)C3)C2=O)CC1. The van der Waals surface area contributed by atoms with E-state index in [0.717, 1.165) is 57.2 Å². The van der Waals surface area contributed by atoms with Gasteiger partial charge in [-0.3, -0.25) is 4.79 Å². The molecular formula is C22H26ClF3N4O. The predicted octanol–water partition coefficient (Wildman–Crippen LogP) is 5.05. The van der Waals surface area contributed by atoms with Crippen LogP contribution in [0.15, 0.2) is 12.3 Å². The zero-order valence-electron chi connectivity index (χ0n) is 17.3. The summed E-state index contributed by atoms with van der Waals surface area (Å²) >= 11 is 6.17. The maximum Gasteiger partial charge on any atom is 0.417 e. The number of anilines is 1. The van der Waals surface area contributed by atoms with E-state index in [2.05, 4.69) is 11.1 Å². The van der Waals surface area contributed by atoms with Gasteiger partial charge in [-0.1, -0.05) is 11.6 Å². The van der Waals surface area contributed by atoms with Gasteiger partial charge in [0.15, 0.2) is 0 Å². The average Bonchev–Trinajstić information content (AvgIpc) is 3.04. The van der Waals surface area contributed by atoms with Crippen LogP contribution in [0.2, 0.25) is 5.02 Å². The topological polar surface area (TPSA) is 60.2 Å². The number of nitrogens with zero attached hydrogens (tertiary/aromatic N) is 4. The number of pyridine rings is 1. The van der Waals surface area contributed by atoms with Crippen LogP contribution in [-0.4, -0.2) is 41.5 Å². The van der Waals surface area contributed by atoms with Gasteiger partial charge in [-0.15, -0.1) is 0 Å². The molecule has 1 atom stereocenters. The van der Waals surface area contributed by atoms with Gasteiger partial charge in [0.05, 0.1) is 22.1 Å². The second-order valence-corrected chi connectivity index (χ2v) is 9.53. The van der Waals surface area contributed by atoms with Gasteiger partial charge in [0.25, 0.3) is 0 Å². The van der Waals surface area contributed by atoms with Crippen molar-refractivity contribution in [1.82, 2.24) is 9.88 Å². The van der Waals surface area contributed by atoms with E-state index in [4.69, 9.17) is 16.9 Å². The van der Waals surface area contributed by atoms with E-state index in [9.17, 15) is 18.0 Å². The van der Waals surface area contributed by atoms with Crippen LogP contribution in [0.25, 0.3) is 0 Å². The summed E-state index contributed by atoms with van der Waals surface area (Å²) in [7, 11) is 0. The molecule has 9 heteroatoms. The molecule has 5 nitrogen and oxygen atoms in total. The van der Waals surface area contributed by atoms with E-state index in [1.54, 1.807) is 0 Å². The molecule has 168 valence electrons. The number of carbonyl (C=O) groups is 1. The number of hydrogen-bond acceptors (Lipinski definition) is 4. The third-order valence-electron chi connectivity index (χ3n) is 7.21. The van der Waals surface area contributed by atoms with E-state index in [0.29, 0.717) is 37.8 Å². The van der Waals surface area contributed by atoms with Crippen LogP contribution in [0.3, 0.4) is 0 Å². The zero-order valence-corrected chi connectivity index (χ0v) is 18.1. The molecule has 3 heterocycles. The molecule has 0 aromatic carbocycles. The molecule has 2 saturated heterocycles. The van der Waals surface area contributed by atoms with Crippen LogP contribution in [0, 0.1) is 22.7 Å². The third kappa shape index (κ3) is 4.34. The summed E-state index contributed by atoms with van der Waals surface area (Å²) in [5.41, 5.74) is -1.39. The quantitative estimate of drug-likeness (QED) is 0.641. The summed E-state index contributed by atoms with van der Waals surface area (Å²) in [5, 5.41) is 8.87. The monoisotopic (exact) mass is 454 g/mol. The number of hydrogen-bond donors (Lipinski definition) is 0. The van der Waals surface area contributed by atoms with Crippen molar-refractivity contribution in [2.24, 2.45) is 11.3 Å². The fourth-order valence-corrected chi connectivity index (χ4v) is 5.78. The lowest BCUT2D eigenvalue weighted by Crippen LogP contribution is -2.50. The standard InChI is InChI=1S/C22H26ClF3N4O/c23-18-12-16(22(24,25)26)13-28-19(18)29-10-1-7-21(14-29)8-11-30(20(21)31)17-4-2-15(3-5-17)6-9-27/h12-13,15,17H,1-8,10-11,14H2/t15-,17-,21-/m1/s1. The summed E-state index contributed by atoms with van der Waals surface area (Å²) in [4.78, 5) is 21.4. The third-order valence-corrected chi connectivity index (χ3v) is 7.49. The van der Waals surface area contributed by atoms with Crippen LogP contribution in [-0.2, 0) is 11.0 Å². The molecular weight excluding hydrogens is 429 g/mol. The number of alkyl halides is 3. The minimum absolute atomic E-state index is 0.0370. The van der Waals surface area contributed by atoms with Crippen molar-refractivity contribution in [3.8, 4) is 6.07 Å². The van der Waals surface area contributed by atoms with E-state index < -0.39 is 17.2 Å². The van der Waals surface area contributed by atoms with Gasteiger partial charge in [-0.05, 0) is 56.9 Å². The summed E-state index contributed by atoms with van der Waals surface area (Å²) in [6.45, 7) is 1.77. The summed E-state index contributed by atoms with van der Waals surface area (Å²) in [6, 6.07) is 3.39. The van der Waals surface area contributed by atoms with Crippen LogP contribution in [0.4, 0.5) is 19.0 Å². The molecule has 0 N–H and O–H groups in total. The molecule has 1 saturated carbocycles. The lowest BCUT2D eigenvalue weighted by Gasteiger charge is -2.41. The Morgan fingerprint density at radius 1 is 1.23 bits per heavy atom. The molecule has 4 rings (SSSR count). The van der Waals surface area contributed by atoms with Crippen molar-refractivity contribution in [2.75, 3.05) is 24.5 Å². The predicted molar refractivity (Wildman–Crippen MR) is 110 cm³/mol. The van der Waals surface area contributed by atoms with Crippen LogP contribution in [0.1, 0.15) is 56.9 Å². The first kappa shape index (κ1) is 22.2. The van der Waals surface area contributed by atoms with Gasteiger partial charge in [0.1, 0.15) is 5.82 Å². The first-order chi connectivity index (χ1) is 14.7. The molecule has 0 unspecified atom stereocenters.